The van der Waals surface area contributed by atoms with Gasteiger partial charge in [0.1, 0.15) is 0 Å². The predicted octanol–water partition coefficient (Wildman–Crippen LogP) is 2.91. The SMILES string of the molecule is CCC(C)N1CCCC1C(C)C. The Morgan fingerprint density at radius 1 is 1.33 bits per heavy atom. The molecule has 0 aliphatic carbocycles. The molecule has 72 valence electrons. The van der Waals surface area contributed by atoms with Crippen molar-refractivity contribution < 1.29 is 0 Å². The van der Waals surface area contributed by atoms with Crippen LogP contribution in [0, 0.1) is 5.92 Å². The van der Waals surface area contributed by atoms with E-state index in [1.54, 1.807) is 0 Å². The van der Waals surface area contributed by atoms with Gasteiger partial charge in [0.15, 0.2) is 0 Å². The molecule has 0 N–H and O–H groups in total. The van der Waals surface area contributed by atoms with Gasteiger partial charge in [-0.1, -0.05) is 20.8 Å². The third kappa shape index (κ3) is 2.01. The van der Waals surface area contributed by atoms with Crippen molar-refractivity contribution in [1.82, 2.24) is 4.90 Å². The summed E-state index contributed by atoms with van der Waals surface area (Å²) in [5.41, 5.74) is 0. The van der Waals surface area contributed by atoms with Crippen LogP contribution in [0.1, 0.15) is 47.0 Å². The lowest BCUT2D eigenvalue weighted by Gasteiger charge is -2.32. The van der Waals surface area contributed by atoms with Gasteiger partial charge >= 0.3 is 0 Å². The molecule has 12 heavy (non-hydrogen) atoms. The minimum atomic E-state index is 0.792. The first kappa shape index (κ1) is 10.0. The molecule has 1 fully saturated rings. The Balaban J connectivity index is 2.51. The van der Waals surface area contributed by atoms with E-state index in [4.69, 9.17) is 0 Å². The van der Waals surface area contributed by atoms with Gasteiger partial charge < -0.3 is 0 Å². The molecule has 1 aliphatic rings. The van der Waals surface area contributed by atoms with Crippen LogP contribution < -0.4 is 0 Å². The van der Waals surface area contributed by atoms with E-state index in [0.29, 0.717) is 0 Å². The predicted molar refractivity (Wildman–Crippen MR) is 54.3 cm³/mol. The van der Waals surface area contributed by atoms with Crippen LogP contribution in [0.4, 0.5) is 0 Å². The van der Waals surface area contributed by atoms with Gasteiger partial charge in [-0.15, -0.1) is 0 Å². The Kier molecular flexibility index (Phi) is 3.57. The maximum atomic E-state index is 2.70. The molecule has 1 aliphatic heterocycles. The molecule has 0 bridgehead atoms. The first-order valence-electron chi connectivity index (χ1n) is 5.42. The van der Waals surface area contributed by atoms with Gasteiger partial charge in [-0.25, -0.2) is 0 Å². The molecule has 0 aromatic carbocycles. The number of hydrogen-bond donors (Lipinski definition) is 0. The standard InChI is InChI=1S/C11H23N/c1-5-10(4)12-8-6-7-11(12)9(2)3/h9-11H,5-8H2,1-4H3. The maximum absolute atomic E-state index is 2.70. The highest BCUT2D eigenvalue weighted by atomic mass is 15.2. The van der Waals surface area contributed by atoms with Gasteiger partial charge in [-0.05, 0) is 38.6 Å². The van der Waals surface area contributed by atoms with Crippen LogP contribution in [0.5, 0.6) is 0 Å². The number of rotatable bonds is 3. The van der Waals surface area contributed by atoms with E-state index < -0.39 is 0 Å². The molecule has 1 saturated heterocycles. The normalized spacial score (nSPS) is 28.2. The Morgan fingerprint density at radius 2 is 2.00 bits per heavy atom. The third-order valence-electron chi connectivity index (χ3n) is 3.27. The van der Waals surface area contributed by atoms with E-state index >= 15 is 0 Å². The minimum absolute atomic E-state index is 0.792. The summed E-state index contributed by atoms with van der Waals surface area (Å²) in [6.07, 6.45) is 4.12. The number of hydrogen-bond acceptors (Lipinski definition) is 1. The van der Waals surface area contributed by atoms with Crippen LogP contribution in [0.2, 0.25) is 0 Å². The van der Waals surface area contributed by atoms with Crippen LogP contribution in [0.15, 0.2) is 0 Å². The monoisotopic (exact) mass is 169 g/mol. The number of likely N-dealkylation sites (tertiary alicyclic amines) is 1. The number of nitrogens with zero attached hydrogens (tertiary/aromatic N) is 1. The van der Waals surface area contributed by atoms with Crippen molar-refractivity contribution in [3.05, 3.63) is 0 Å². The van der Waals surface area contributed by atoms with Crippen LogP contribution in [-0.4, -0.2) is 23.5 Å². The molecule has 0 aromatic heterocycles. The van der Waals surface area contributed by atoms with E-state index in [9.17, 15) is 0 Å². The topological polar surface area (TPSA) is 3.24 Å². The van der Waals surface area contributed by atoms with Gasteiger partial charge in [0, 0.05) is 12.1 Å². The molecular weight excluding hydrogens is 146 g/mol. The van der Waals surface area contributed by atoms with Gasteiger partial charge in [0.25, 0.3) is 0 Å². The average Bonchev–Trinajstić information content (AvgIpc) is 2.50. The summed E-state index contributed by atoms with van der Waals surface area (Å²) in [5.74, 6) is 0.835. The molecule has 1 nitrogen and oxygen atoms in total. The largest absolute Gasteiger partial charge is 0.297 e. The van der Waals surface area contributed by atoms with Crippen molar-refractivity contribution in [1.29, 1.82) is 0 Å². The molecule has 0 aromatic rings. The van der Waals surface area contributed by atoms with E-state index in [1.165, 1.54) is 25.8 Å². The van der Waals surface area contributed by atoms with Crippen molar-refractivity contribution >= 4 is 0 Å². The fraction of sp³-hybridized carbons (Fsp3) is 1.00. The smallest absolute Gasteiger partial charge is 0.0121 e. The summed E-state index contributed by atoms with van der Waals surface area (Å²) < 4.78 is 0. The second-order valence-electron chi connectivity index (χ2n) is 4.45. The van der Waals surface area contributed by atoms with Crippen LogP contribution >= 0.6 is 0 Å². The van der Waals surface area contributed by atoms with Crippen molar-refractivity contribution in [3.63, 3.8) is 0 Å². The first-order chi connectivity index (χ1) is 5.66. The fourth-order valence-corrected chi connectivity index (χ4v) is 2.31. The Hall–Kier alpha value is -0.0400. The zero-order chi connectivity index (χ0) is 9.14. The van der Waals surface area contributed by atoms with E-state index in [2.05, 4.69) is 32.6 Å². The van der Waals surface area contributed by atoms with Crippen LogP contribution in [0.25, 0.3) is 0 Å². The lowest BCUT2D eigenvalue weighted by Crippen LogP contribution is -2.39. The molecular formula is C11H23N. The van der Waals surface area contributed by atoms with Crippen molar-refractivity contribution in [2.75, 3.05) is 6.54 Å². The average molecular weight is 169 g/mol. The van der Waals surface area contributed by atoms with Gasteiger partial charge in [-0.2, -0.15) is 0 Å². The molecule has 1 rings (SSSR count). The van der Waals surface area contributed by atoms with Crippen molar-refractivity contribution in [2.24, 2.45) is 5.92 Å². The maximum Gasteiger partial charge on any atom is 0.0121 e. The zero-order valence-corrected chi connectivity index (χ0v) is 9.01. The molecule has 0 saturated carbocycles. The molecule has 0 radical (unpaired) electrons. The fourth-order valence-electron chi connectivity index (χ4n) is 2.31. The van der Waals surface area contributed by atoms with Crippen LogP contribution in [0.3, 0.4) is 0 Å². The lowest BCUT2D eigenvalue weighted by atomic mass is 10.0. The zero-order valence-electron chi connectivity index (χ0n) is 9.01. The highest BCUT2D eigenvalue weighted by Gasteiger charge is 2.29. The second kappa shape index (κ2) is 4.27. The van der Waals surface area contributed by atoms with Crippen molar-refractivity contribution in [2.45, 2.75) is 59.0 Å². The summed E-state index contributed by atoms with van der Waals surface area (Å²) in [6, 6.07) is 1.65. The molecule has 1 heterocycles. The quantitative estimate of drug-likeness (QED) is 0.628. The van der Waals surface area contributed by atoms with Crippen molar-refractivity contribution in [3.8, 4) is 0 Å². The molecule has 1 heteroatoms. The summed E-state index contributed by atoms with van der Waals surface area (Å²) in [5, 5.41) is 0. The van der Waals surface area contributed by atoms with Gasteiger partial charge in [0.05, 0.1) is 0 Å². The third-order valence-corrected chi connectivity index (χ3v) is 3.27. The van der Waals surface area contributed by atoms with Gasteiger partial charge in [0.2, 0.25) is 0 Å². The Bertz CT molecular complexity index is 131. The Labute approximate surface area is 77.1 Å². The summed E-state index contributed by atoms with van der Waals surface area (Å²) in [6.45, 7) is 10.7. The molecule has 2 unspecified atom stereocenters. The van der Waals surface area contributed by atoms with E-state index in [0.717, 1.165) is 18.0 Å². The highest BCUT2D eigenvalue weighted by molar-refractivity contribution is 4.84. The second-order valence-corrected chi connectivity index (χ2v) is 4.45. The molecule has 2 atom stereocenters. The minimum Gasteiger partial charge on any atom is -0.297 e. The summed E-state index contributed by atoms with van der Waals surface area (Å²) in [4.78, 5) is 2.70. The summed E-state index contributed by atoms with van der Waals surface area (Å²) in [7, 11) is 0. The molecule has 0 amide bonds. The Morgan fingerprint density at radius 3 is 2.50 bits per heavy atom. The lowest BCUT2D eigenvalue weighted by molar-refractivity contribution is 0.152. The molecule has 0 spiro atoms. The van der Waals surface area contributed by atoms with Gasteiger partial charge in [-0.3, -0.25) is 4.90 Å². The van der Waals surface area contributed by atoms with E-state index in [-0.39, 0.29) is 0 Å². The summed E-state index contributed by atoms with van der Waals surface area (Å²) >= 11 is 0. The van der Waals surface area contributed by atoms with E-state index in [1.807, 2.05) is 0 Å². The highest BCUT2D eigenvalue weighted by Crippen LogP contribution is 2.26. The first-order valence-corrected chi connectivity index (χ1v) is 5.42. The van der Waals surface area contributed by atoms with Crippen LogP contribution in [-0.2, 0) is 0 Å².